The Morgan fingerprint density at radius 3 is 2.29 bits per heavy atom. The van der Waals surface area contributed by atoms with Gasteiger partial charge in [0.15, 0.2) is 0 Å². The van der Waals surface area contributed by atoms with Crippen molar-refractivity contribution in [3.05, 3.63) is 0 Å². The van der Waals surface area contributed by atoms with Crippen LogP contribution >= 0.6 is 0 Å². The molecule has 0 amide bonds. The molecule has 102 valence electrons. The Morgan fingerprint density at radius 2 is 1.88 bits per heavy atom. The lowest BCUT2D eigenvalue weighted by Gasteiger charge is -2.28. The molecule has 0 spiro atoms. The highest BCUT2D eigenvalue weighted by Crippen LogP contribution is 2.40. The highest BCUT2D eigenvalue weighted by molar-refractivity contribution is 7.90. The van der Waals surface area contributed by atoms with Crippen molar-refractivity contribution >= 4 is 10.0 Å². The van der Waals surface area contributed by atoms with Crippen LogP contribution in [0.5, 0.6) is 0 Å². The third-order valence-corrected chi connectivity index (χ3v) is 6.17. The molecule has 0 bridgehead atoms. The summed E-state index contributed by atoms with van der Waals surface area (Å²) in [5.74, 6) is 0. The van der Waals surface area contributed by atoms with Crippen LogP contribution in [0.1, 0.15) is 52.4 Å². The van der Waals surface area contributed by atoms with E-state index in [1.807, 2.05) is 6.92 Å². The van der Waals surface area contributed by atoms with Crippen molar-refractivity contribution in [3.63, 3.8) is 0 Å². The molecule has 0 aromatic rings. The van der Waals surface area contributed by atoms with Crippen molar-refractivity contribution in [1.29, 1.82) is 0 Å². The number of hydrogen-bond acceptors (Lipinski definition) is 3. The van der Waals surface area contributed by atoms with E-state index in [1.165, 1.54) is 12.8 Å². The Labute approximate surface area is 105 Å². The van der Waals surface area contributed by atoms with Gasteiger partial charge in [-0.05, 0) is 31.1 Å². The summed E-state index contributed by atoms with van der Waals surface area (Å²) in [6.07, 6.45) is 6.37. The summed E-state index contributed by atoms with van der Waals surface area (Å²) in [4.78, 5) is 0. The van der Waals surface area contributed by atoms with Crippen molar-refractivity contribution in [3.8, 4) is 0 Å². The van der Waals surface area contributed by atoms with Gasteiger partial charge in [-0.25, -0.2) is 13.1 Å². The summed E-state index contributed by atoms with van der Waals surface area (Å²) in [5, 5.41) is -0.446. The van der Waals surface area contributed by atoms with Gasteiger partial charge >= 0.3 is 0 Å². The fourth-order valence-corrected chi connectivity index (χ4v) is 4.10. The molecule has 1 aliphatic rings. The quantitative estimate of drug-likeness (QED) is 0.732. The molecular weight excluding hydrogens is 236 g/mol. The van der Waals surface area contributed by atoms with Gasteiger partial charge in [-0.3, -0.25) is 0 Å². The lowest BCUT2D eigenvalue weighted by Crippen LogP contribution is -2.43. The minimum absolute atomic E-state index is 0.194. The van der Waals surface area contributed by atoms with Gasteiger partial charge in [-0.2, -0.15) is 0 Å². The van der Waals surface area contributed by atoms with E-state index in [4.69, 9.17) is 5.73 Å². The van der Waals surface area contributed by atoms with Gasteiger partial charge in [0.25, 0.3) is 0 Å². The van der Waals surface area contributed by atoms with Crippen LogP contribution in [-0.4, -0.2) is 26.8 Å². The Hall–Kier alpha value is -0.130. The smallest absolute Gasteiger partial charge is 0.215 e. The molecule has 3 N–H and O–H groups in total. The zero-order valence-corrected chi connectivity index (χ0v) is 11.9. The molecule has 1 rings (SSSR count). The van der Waals surface area contributed by atoms with E-state index in [0.717, 1.165) is 19.3 Å². The van der Waals surface area contributed by atoms with Crippen molar-refractivity contribution in [2.24, 2.45) is 11.1 Å². The molecule has 0 aromatic carbocycles. The van der Waals surface area contributed by atoms with Crippen molar-refractivity contribution in [2.45, 2.75) is 57.6 Å². The number of sulfonamides is 1. The highest BCUT2D eigenvalue weighted by atomic mass is 32.2. The van der Waals surface area contributed by atoms with E-state index in [1.54, 1.807) is 0 Å². The maximum Gasteiger partial charge on any atom is 0.215 e. The fourth-order valence-electron chi connectivity index (χ4n) is 2.66. The molecule has 1 saturated carbocycles. The normalized spacial score (nSPS) is 21.6. The van der Waals surface area contributed by atoms with Gasteiger partial charge in [0.05, 0.1) is 5.25 Å². The minimum atomic E-state index is -3.23. The first-order chi connectivity index (χ1) is 7.99. The molecule has 0 heterocycles. The SMILES string of the molecule is CCC(CN)S(=O)(=O)NCC1(CC)CCCC1. The van der Waals surface area contributed by atoms with Crippen molar-refractivity contribution in [2.75, 3.05) is 13.1 Å². The van der Waals surface area contributed by atoms with Crippen LogP contribution in [-0.2, 0) is 10.0 Å². The average molecular weight is 262 g/mol. The Kier molecular flexibility index (Phi) is 5.41. The zero-order valence-electron chi connectivity index (χ0n) is 11.0. The molecule has 1 aliphatic carbocycles. The Bertz CT molecular complexity index is 317. The molecule has 4 nitrogen and oxygen atoms in total. The van der Waals surface area contributed by atoms with Gasteiger partial charge in [-0.1, -0.05) is 26.7 Å². The monoisotopic (exact) mass is 262 g/mol. The topological polar surface area (TPSA) is 72.2 Å². The van der Waals surface area contributed by atoms with Crippen molar-refractivity contribution < 1.29 is 8.42 Å². The largest absolute Gasteiger partial charge is 0.329 e. The summed E-state index contributed by atoms with van der Waals surface area (Å²) in [7, 11) is -3.23. The Morgan fingerprint density at radius 1 is 1.29 bits per heavy atom. The highest BCUT2D eigenvalue weighted by Gasteiger charge is 2.34. The predicted octanol–water partition coefficient (Wildman–Crippen LogP) is 1.61. The number of hydrogen-bond donors (Lipinski definition) is 2. The van der Waals surface area contributed by atoms with E-state index in [9.17, 15) is 8.42 Å². The second kappa shape index (κ2) is 6.16. The van der Waals surface area contributed by atoms with Crippen LogP contribution in [0, 0.1) is 5.41 Å². The van der Waals surface area contributed by atoms with Crippen LogP contribution in [0.3, 0.4) is 0 Å². The molecule has 0 radical (unpaired) electrons. The first-order valence-corrected chi connectivity index (χ1v) is 8.23. The lowest BCUT2D eigenvalue weighted by molar-refractivity contribution is 0.285. The number of nitrogens with two attached hydrogens (primary N) is 1. The summed E-state index contributed by atoms with van der Waals surface area (Å²) in [6.45, 7) is 4.80. The third kappa shape index (κ3) is 3.66. The molecule has 1 fully saturated rings. The van der Waals surface area contributed by atoms with Crippen LogP contribution in [0.15, 0.2) is 0 Å². The van der Waals surface area contributed by atoms with Crippen molar-refractivity contribution in [1.82, 2.24) is 4.72 Å². The summed E-state index contributed by atoms with van der Waals surface area (Å²) >= 11 is 0. The van der Waals surface area contributed by atoms with E-state index in [2.05, 4.69) is 11.6 Å². The maximum absolute atomic E-state index is 12.0. The first-order valence-electron chi connectivity index (χ1n) is 6.68. The standard InChI is InChI=1S/C12H26N2O2S/c1-3-11(9-13)17(15,16)14-10-12(4-2)7-5-6-8-12/h11,14H,3-10,13H2,1-2H3. The molecular formula is C12H26N2O2S. The summed E-state index contributed by atoms with van der Waals surface area (Å²) < 4.78 is 26.8. The predicted molar refractivity (Wildman–Crippen MR) is 71.2 cm³/mol. The molecule has 0 aliphatic heterocycles. The Balaban J connectivity index is 2.59. The lowest BCUT2D eigenvalue weighted by atomic mass is 9.84. The van der Waals surface area contributed by atoms with Gasteiger partial charge in [0.2, 0.25) is 10.0 Å². The zero-order chi connectivity index (χ0) is 12.9. The minimum Gasteiger partial charge on any atom is -0.329 e. The van der Waals surface area contributed by atoms with Gasteiger partial charge < -0.3 is 5.73 Å². The van der Waals surface area contributed by atoms with Crippen LogP contribution in [0.4, 0.5) is 0 Å². The molecule has 1 unspecified atom stereocenters. The summed E-state index contributed by atoms with van der Waals surface area (Å²) in [6, 6.07) is 0. The van der Waals surface area contributed by atoms with E-state index in [-0.39, 0.29) is 12.0 Å². The molecule has 0 aromatic heterocycles. The van der Waals surface area contributed by atoms with E-state index >= 15 is 0 Å². The molecule has 17 heavy (non-hydrogen) atoms. The molecule has 5 heteroatoms. The fraction of sp³-hybridized carbons (Fsp3) is 1.00. The van der Waals surface area contributed by atoms with Crippen LogP contribution in [0.2, 0.25) is 0 Å². The summed E-state index contributed by atoms with van der Waals surface area (Å²) in [5.41, 5.74) is 5.69. The average Bonchev–Trinajstić information content (AvgIpc) is 2.77. The number of nitrogens with one attached hydrogen (secondary N) is 1. The number of rotatable bonds is 7. The van der Waals surface area contributed by atoms with E-state index < -0.39 is 15.3 Å². The third-order valence-electron chi connectivity index (χ3n) is 4.22. The van der Waals surface area contributed by atoms with E-state index in [0.29, 0.717) is 13.0 Å². The van der Waals surface area contributed by atoms with Crippen LogP contribution in [0.25, 0.3) is 0 Å². The molecule has 0 saturated heterocycles. The van der Waals surface area contributed by atoms with Gasteiger partial charge in [0, 0.05) is 13.1 Å². The molecule has 1 atom stereocenters. The maximum atomic E-state index is 12.0. The van der Waals surface area contributed by atoms with Gasteiger partial charge in [0.1, 0.15) is 0 Å². The second-order valence-electron chi connectivity index (χ2n) is 5.19. The van der Waals surface area contributed by atoms with Gasteiger partial charge in [-0.15, -0.1) is 0 Å². The first kappa shape index (κ1) is 14.9. The second-order valence-corrected chi connectivity index (χ2v) is 7.24. The van der Waals surface area contributed by atoms with Crippen LogP contribution < -0.4 is 10.5 Å².